The summed E-state index contributed by atoms with van der Waals surface area (Å²) in [5.74, 6) is 0. The minimum absolute atomic E-state index is 1.13. The van der Waals surface area contributed by atoms with Crippen LogP contribution in [0.15, 0.2) is 36.0 Å². The predicted molar refractivity (Wildman–Crippen MR) is 48.0 cm³/mol. The van der Waals surface area contributed by atoms with Crippen LogP contribution in [0.25, 0.3) is 0 Å². The predicted octanol–water partition coefficient (Wildman–Crippen LogP) is 3.48. The van der Waals surface area contributed by atoms with Crippen molar-refractivity contribution < 1.29 is 0 Å². The van der Waals surface area contributed by atoms with Crippen molar-refractivity contribution in [1.82, 2.24) is 0 Å². The van der Waals surface area contributed by atoms with Gasteiger partial charge in [-0.2, -0.15) is 0 Å². The Hall–Kier alpha value is -0.780. The van der Waals surface area contributed by atoms with Gasteiger partial charge >= 0.3 is 0 Å². The summed E-state index contributed by atoms with van der Waals surface area (Å²) in [7, 11) is 0. The summed E-state index contributed by atoms with van der Waals surface area (Å²) in [4.78, 5) is 0. The largest absolute Gasteiger partial charge is 0.0988 e. The number of hydrogen-bond donors (Lipinski definition) is 0. The number of hydrogen-bond acceptors (Lipinski definition) is 0. The fourth-order valence-corrected chi connectivity index (χ4v) is 0.460. The fraction of sp³-hybridized carbons (Fsp3) is 0.400. The Morgan fingerprint density at radius 2 is 1.90 bits per heavy atom. The summed E-state index contributed by atoms with van der Waals surface area (Å²) in [6.45, 7) is 10.0. The first-order chi connectivity index (χ1) is 4.70. The number of allylic oxidation sites excluding steroid dienone is 5. The molecule has 0 N–H and O–H groups in total. The molecule has 0 saturated carbocycles. The zero-order valence-corrected chi connectivity index (χ0v) is 7.15. The van der Waals surface area contributed by atoms with Crippen molar-refractivity contribution >= 4 is 0 Å². The van der Waals surface area contributed by atoms with Gasteiger partial charge in [-0.3, -0.25) is 0 Å². The summed E-state index contributed by atoms with van der Waals surface area (Å²) in [5.41, 5.74) is 2.62. The Bertz CT molecular complexity index is 159. The highest BCUT2D eigenvalue weighted by atomic mass is 13.9. The monoisotopic (exact) mass is 136 g/mol. The van der Waals surface area contributed by atoms with E-state index in [1.54, 1.807) is 0 Å². The molecule has 0 fully saturated rings. The third kappa shape index (κ3) is 4.13. The van der Waals surface area contributed by atoms with Crippen molar-refractivity contribution in [3.05, 3.63) is 36.0 Å². The normalized spacial score (nSPS) is 13.5. The molecule has 0 heteroatoms. The third-order valence-electron chi connectivity index (χ3n) is 1.51. The van der Waals surface area contributed by atoms with Gasteiger partial charge in [-0.05, 0) is 20.3 Å². The van der Waals surface area contributed by atoms with Gasteiger partial charge in [0.2, 0.25) is 0 Å². The SMILES string of the molecule is C=C/C(C)=C\C=C(/C)CC. The minimum atomic E-state index is 1.13. The second-order valence-corrected chi connectivity index (χ2v) is 2.48. The molecule has 0 unspecified atom stereocenters. The molecule has 0 radical (unpaired) electrons. The van der Waals surface area contributed by atoms with Crippen LogP contribution in [0.1, 0.15) is 27.2 Å². The topological polar surface area (TPSA) is 0 Å². The van der Waals surface area contributed by atoms with Crippen LogP contribution in [0.2, 0.25) is 0 Å². The van der Waals surface area contributed by atoms with E-state index in [0.29, 0.717) is 0 Å². The molecule has 0 aromatic rings. The fourth-order valence-electron chi connectivity index (χ4n) is 0.460. The molecule has 0 aliphatic heterocycles. The van der Waals surface area contributed by atoms with Crippen LogP contribution in [0.3, 0.4) is 0 Å². The second kappa shape index (κ2) is 5.04. The molecule has 0 aromatic heterocycles. The maximum Gasteiger partial charge on any atom is -0.0349 e. The van der Waals surface area contributed by atoms with Gasteiger partial charge in [0.05, 0.1) is 0 Å². The summed E-state index contributed by atoms with van der Waals surface area (Å²) >= 11 is 0. The molecule has 56 valence electrons. The highest BCUT2D eigenvalue weighted by Crippen LogP contribution is 2.00. The summed E-state index contributed by atoms with van der Waals surface area (Å²) in [6, 6.07) is 0. The standard InChI is InChI=1S/C10H16/c1-5-9(3)7-8-10(4)6-2/h5,7-8H,1,6H2,2-4H3/b9-7-,10-8+. The zero-order chi connectivity index (χ0) is 7.98. The lowest BCUT2D eigenvalue weighted by atomic mass is 10.2. The molecule has 0 aromatic carbocycles. The Balaban J connectivity index is 4.03. The zero-order valence-electron chi connectivity index (χ0n) is 7.15. The molecule has 10 heavy (non-hydrogen) atoms. The van der Waals surface area contributed by atoms with Crippen LogP contribution in [0.5, 0.6) is 0 Å². The first-order valence-corrected chi connectivity index (χ1v) is 3.67. The van der Waals surface area contributed by atoms with E-state index in [1.165, 1.54) is 11.1 Å². The smallest absolute Gasteiger partial charge is 0.0349 e. The van der Waals surface area contributed by atoms with E-state index in [0.717, 1.165) is 6.42 Å². The molecule has 0 nitrogen and oxygen atoms in total. The van der Waals surface area contributed by atoms with Crippen LogP contribution >= 0.6 is 0 Å². The van der Waals surface area contributed by atoms with Crippen LogP contribution in [0, 0.1) is 0 Å². The van der Waals surface area contributed by atoms with E-state index in [1.807, 2.05) is 13.0 Å². The maximum atomic E-state index is 3.67. The average molecular weight is 136 g/mol. The van der Waals surface area contributed by atoms with E-state index in [4.69, 9.17) is 0 Å². The van der Waals surface area contributed by atoms with E-state index < -0.39 is 0 Å². The van der Waals surface area contributed by atoms with Gasteiger partial charge in [-0.15, -0.1) is 0 Å². The van der Waals surface area contributed by atoms with Crippen molar-refractivity contribution in [2.24, 2.45) is 0 Å². The van der Waals surface area contributed by atoms with Gasteiger partial charge in [0.25, 0.3) is 0 Å². The molecule has 0 aliphatic rings. The van der Waals surface area contributed by atoms with E-state index in [9.17, 15) is 0 Å². The molecule has 0 aliphatic carbocycles. The molecule has 0 rings (SSSR count). The van der Waals surface area contributed by atoms with Gasteiger partial charge in [0.1, 0.15) is 0 Å². The molecule has 0 spiro atoms. The highest BCUT2D eigenvalue weighted by Gasteiger charge is 1.79. The van der Waals surface area contributed by atoms with Crippen molar-refractivity contribution in [1.29, 1.82) is 0 Å². The average Bonchev–Trinajstić information content (AvgIpc) is 1.99. The summed E-state index contributed by atoms with van der Waals surface area (Å²) in [5, 5.41) is 0. The first-order valence-electron chi connectivity index (χ1n) is 3.67. The highest BCUT2D eigenvalue weighted by molar-refractivity contribution is 5.21. The summed E-state index contributed by atoms with van der Waals surface area (Å²) < 4.78 is 0. The Morgan fingerprint density at radius 3 is 2.30 bits per heavy atom. The Morgan fingerprint density at radius 1 is 1.30 bits per heavy atom. The van der Waals surface area contributed by atoms with E-state index in [-0.39, 0.29) is 0 Å². The quantitative estimate of drug-likeness (QED) is 0.521. The van der Waals surface area contributed by atoms with Gasteiger partial charge in [0, 0.05) is 0 Å². The molecule has 0 atom stereocenters. The molecular formula is C10H16. The van der Waals surface area contributed by atoms with Crippen molar-refractivity contribution in [2.75, 3.05) is 0 Å². The molecule has 0 saturated heterocycles. The molecule has 0 heterocycles. The van der Waals surface area contributed by atoms with Crippen LogP contribution in [0.4, 0.5) is 0 Å². The van der Waals surface area contributed by atoms with Crippen molar-refractivity contribution in [3.63, 3.8) is 0 Å². The lowest BCUT2D eigenvalue weighted by Gasteiger charge is -1.90. The maximum absolute atomic E-state index is 3.67. The van der Waals surface area contributed by atoms with Gasteiger partial charge < -0.3 is 0 Å². The lowest BCUT2D eigenvalue weighted by Crippen LogP contribution is -1.69. The van der Waals surface area contributed by atoms with Crippen molar-refractivity contribution in [3.8, 4) is 0 Å². The minimum Gasteiger partial charge on any atom is -0.0988 e. The summed E-state index contributed by atoms with van der Waals surface area (Å²) in [6.07, 6.45) is 7.21. The van der Waals surface area contributed by atoms with Gasteiger partial charge in [-0.25, -0.2) is 0 Å². The molecule has 0 amide bonds. The third-order valence-corrected chi connectivity index (χ3v) is 1.51. The van der Waals surface area contributed by atoms with Gasteiger partial charge in [-0.1, -0.05) is 42.9 Å². The van der Waals surface area contributed by atoms with Gasteiger partial charge in [0.15, 0.2) is 0 Å². The second-order valence-electron chi connectivity index (χ2n) is 2.48. The number of rotatable bonds is 3. The van der Waals surface area contributed by atoms with Crippen molar-refractivity contribution in [2.45, 2.75) is 27.2 Å². The van der Waals surface area contributed by atoms with Crippen LogP contribution in [-0.4, -0.2) is 0 Å². The first kappa shape index (κ1) is 9.22. The lowest BCUT2D eigenvalue weighted by molar-refractivity contribution is 1.10. The Kier molecular flexibility index (Phi) is 4.65. The van der Waals surface area contributed by atoms with Crippen LogP contribution in [-0.2, 0) is 0 Å². The van der Waals surface area contributed by atoms with E-state index in [2.05, 4.69) is 32.6 Å². The Labute approximate surface area is 64.0 Å². The molecule has 0 bridgehead atoms. The molecular weight excluding hydrogens is 120 g/mol. The van der Waals surface area contributed by atoms with E-state index >= 15 is 0 Å². The van der Waals surface area contributed by atoms with Crippen LogP contribution < -0.4 is 0 Å².